The van der Waals surface area contributed by atoms with Gasteiger partial charge in [0.2, 0.25) is 5.91 Å². The molecule has 3 rings (SSSR count). The smallest absolute Gasteiger partial charge is 0.302 e. The number of pyridine rings is 1. The van der Waals surface area contributed by atoms with Crippen molar-refractivity contribution in [2.24, 2.45) is 0 Å². The predicted octanol–water partition coefficient (Wildman–Crippen LogP) is 0.811. The van der Waals surface area contributed by atoms with E-state index in [1.165, 1.54) is 6.92 Å². The summed E-state index contributed by atoms with van der Waals surface area (Å²) >= 11 is 0. The van der Waals surface area contributed by atoms with Crippen LogP contribution in [0.4, 0.5) is 0 Å². The Hall–Kier alpha value is -2.41. The molecule has 0 bridgehead atoms. The van der Waals surface area contributed by atoms with Gasteiger partial charge in [-0.1, -0.05) is 0 Å². The van der Waals surface area contributed by atoms with Gasteiger partial charge < -0.3 is 19.5 Å². The first kappa shape index (κ1) is 16.4. The number of rotatable bonds is 4. The van der Waals surface area contributed by atoms with Crippen LogP contribution >= 0.6 is 0 Å². The van der Waals surface area contributed by atoms with Crippen molar-refractivity contribution in [2.75, 3.05) is 33.3 Å². The molecular weight excluding hydrogens is 308 g/mol. The van der Waals surface area contributed by atoms with Crippen LogP contribution in [0.1, 0.15) is 12.5 Å². The summed E-state index contributed by atoms with van der Waals surface area (Å²) in [6.07, 6.45) is 3.87. The Balaban J connectivity index is 1.73. The molecule has 128 valence electrons. The lowest BCUT2D eigenvalue weighted by Crippen LogP contribution is -2.56. The van der Waals surface area contributed by atoms with E-state index in [9.17, 15) is 9.59 Å². The van der Waals surface area contributed by atoms with Crippen LogP contribution in [0.3, 0.4) is 0 Å². The number of esters is 1. The van der Waals surface area contributed by atoms with Gasteiger partial charge in [0.05, 0.1) is 12.5 Å². The van der Waals surface area contributed by atoms with Gasteiger partial charge >= 0.3 is 5.97 Å². The molecule has 1 aliphatic rings. The highest BCUT2D eigenvalue weighted by Gasteiger charge is 2.30. The normalized spacial score (nSPS) is 18.8. The number of hydrogen-bond acceptors (Lipinski definition) is 5. The zero-order valence-electron chi connectivity index (χ0n) is 14.0. The SMILES string of the molecule is CC(=O)OCC1CN(C)CCN1C(=O)Cc1c[nH]c2ncccc12. The summed E-state index contributed by atoms with van der Waals surface area (Å²) in [5.41, 5.74) is 1.73. The van der Waals surface area contributed by atoms with Gasteiger partial charge in [-0.25, -0.2) is 4.98 Å². The number of carbonyl (C=O) groups is 2. The highest BCUT2D eigenvalue weighted by atomic mass is 16.5. The van der Waals surface area contributed by atoms with Crippen LogP contribution in [-0.2, 0) is 20.7 Å². The summed E-state index contributed by atoms with van der Waals surface area (Å²) in [4.78, 5) is 35.2. The lowest BCUT2D eigenvalue weighted by atomic mass is 10.1. The van der Waals surface area contributed by atoms with Gasteiger partial charge in [0.25, 0.3) is 0 Å². The van der Waals surface area contributed by atoms with Gasteiger partial charge in [-0.2, -0.15) is 0 Å². The highest BCUT2D eigenvalue weighted by molar-refractivity contribution is 5.87. The van der Waals surface area contributed by atoms with Crippen LogP contribution < -0.4 is 0 Å². The second kappa shape index (κ2) is 7.00. The van der Waals surface area contributed by atoms with Crippen molar-refractivity contribution in [2.45, 2.75) is 19.4 Å². The number of piperazine rings is 1. The van der Waals surface area contributed by atoms with Crippen LogP contribution in [0.2, 0.25) is 0 Å². The maximum Gasteiger partial charge on any atom is 0.302 e. The van der Waals surface area contributed by atoms with Gasteiger partial charge in [0.15, 0.2) is 0 Å². The Morgan fingerprint density at radius 1 is 1.42 bits per heavy atom. The summed E-state index contributed by atoms with van der Waals surface area (Å²) < 4.78 is 5.14. The third-order valence-electron chi connectivity index (χ3n) is 4.36. The molecule has 0 aromatic carbocycles. The molecule has 1 saturated heterocycles. The van der Waals surface area contributed by atoms with Crippen LogP contribution in [-0.4, -0.2) is 71.0 Å². The Bertz CT molecular complexity index is 742. The molecule has 24 heavy (non-hydrogen) atoms. The van der Waals surface area contributed by atoms with E-state index in [1.54, 1.807) is 6.20 Å². The molecule has 3 heterocycles. The quantitative estimate of drug-likeness (QED) is 0.840. The molecule has 0 spiro atoms. The minimum absolute atomic E-state index is 0.0463. The number of nitrogens with zero attached hydrogens (tertiary/aromatic N) is 3. The number of likely N-dealkylation sites (N-methyl/N-ethyl adjacent to an activating group) is 1. The molecule has 7 nitrogen and oxygen atoms in total. The molecular formula is C17H22N4O3. The van der Waals surface area contributed by atoms with Crippen molar-refractivity contribution in [3.05, 3.63) is 30.1 Å². The van der Waals surface area contributed by atoms with E-state index < -0.39 is 0 Å². The lowest BCUT2D eigenvalue weighted by Gasteiger charge is -2.39. The fourth-order valence-corrected chi connectivity index (χ4v) is 3.12. The molecule has 1 N–H and O–H groups in total. The third kappa shape index (κ3) is 3.56. The molecule has 0 radical (unpaired) electrons. The standard InChI is InChI=1S/C17H22N4O3/c1-12(22)24-11-14-10-20(2)6-7-21(14)16(23)8-13-9-19-17-15(13)4-3-5-18-17/h3-5,9,14H,6-8,10-11H2,1-2H3,(H,18,19). The number of aromatic amines is 1. The summed E-state index contributed by atoms with van der Waals surface area (Å²) in [6, 6.07) is 3.72. The second-order valence-electron chi connectivity index (χ2n) is 6.20. The van der Waals surface area contributed by atoms with Crippen molar-refractivity contribution >= 4 is 22.9 Å². The number of amides is 1. The molecule has 2 aromatic heterocycles. The van der Waals surface area contributed by atoms with Crippen molar-refractivity contribution in [1.82, 2.24) is 19.8 Å². The van der Waals surface area contributed by atoms with E-state index in [-0.39, 0.29) is 24.5 Å². The maximum absolute atomic E-state index is 12.8. The van der Waals surface area contributed by atoms with Crippen LogP contribution in [0.5, 0.6) is 0 Å². The van der Waals surface area contributed by atoms with Crippen molar-refractivity contribution < 1.29 is 14.3 Å². The topological polar surface area (TPSA) is 78.5 Å². The maximum atomic E-state index is 12.8. The summed E-state index contributed by atoms with van der Waals surface area (Å²) in [5, 5.41) is 0.969. The molecule has 1 amide bonds. The summed E-state index contributed by atoms with van der Waals surface area (Å²) in [7, 11) is 2.01. The van der Waals surface area contributed by atoms with Gasteiger partial charge in [-0.15, -0.1) is 0 Å². The zero-order valence-corrected chi connectivity index (χ0v) is 14.0. The molecule has 1 fully saturated rings. The Kier molecular flexibility index (Phi) is 4.80. The molecule has 0 saturated carbocycles. The summed E-state index contributed by atoms with van der Waals surface area (Å²) in [5.74, 6) is -0.275. The van der Waals surface area contributed by atoms with Crippen LogP contribution in [0.15, 0.2) is 24.5 Å². The summed E-state index contributed by atoms with van der Waals surface area (Å²) in [6.45, 7) is 3.78. The number of fused-ring (bicyclic) bond motifs is 1. The minimum atomic E-state index is -0.321. The average molecular weight is 330 g/mol. The number of hydrogen-bond donors (Lipinski definition) is 1. The number of H-pyrrole nitrogens is 1. The second-order valence-corrected chi connectivity index (χ2v) is 6.20. The zero-order chi connectivity index (χ0) is 17.1. The first-order chi connectivity index (χ1) is 11.5. The first-order valence-corrected chi connectivity index (χ1v) is 8.07. The van der Waals surface area contributed by atoms with E-state index in [0.717, 1.165) is 23.1 Å². The first-order valence-electron chi connectivity index (χ1n) is 8.07. The molecule has 1 unspecified atom stereocenters. The number of nitrogens with one attached hydrogen (secondary N) is 1. The molecule has 1 aliphatic heterocycles. The average Bonchev–Trinajstić information content (AvgIpc) is 2.96. The van der Waals surface area contributed by atoms with E-state index in [4.69, 9.17) is 4.74 Å². The van der Waals surface area contributed by atoms with E-state index >= 15 is 0 Å². The van der Waals surface area contributed by atoms with Gasteiger partial charge in [-0.3, -0.25) is 9.59 Å². The van der Waals surface area contributed by atoms with E-state index in [0.29, 0.717) is 19.5 Å². The molecule has 7 heteroatoms. The third-order valence-corrected chi connectivity index (χ3v) is 4.36. The fourth-order valence-electron chi connectivity index (χ4n) is 3.12. The van der Waals surface area contributed by atoms with E-state index in [1.807, 2.05) is 30.3 Å². The lowest BCUT2D eigenvalue weighted by molar-refractivity contribution is -0.148. The van der Waals surface area contributed by atoms with E-state index in [2.05, 4.69) is 14.9 Å². The highest BCUT2D eigenvalue weighted by Crippen LogP contribution is 2.18. The van der Waals surface area contributed by atoms with Crippen molar-refractivity contribution in [1.29, 1.82) is 0 Å². The molecule has 2 aromatic rings. The number of carbonyl (C=O) groups excluding carboxylic acids is 2. The van der Waals surface area contributed by atoms with Crippen LogP contribution in [0, 0.1) is 0 Å². The van der Waals surface area contributed by atoms with Crippen molar-refractivity contribution in [3.8, 4) is 0 Å². The Morgan fingerprint density at radius 2 is 2.25 bits per heavy atom. The monoisotopic (exact) mass is 330 g/mol. The minimum Gasteiger partial charge on any atom is -0.464 e. The number of ether oxygens (including phenoxy) is 1. The molecule has 1 atom stereocenters. The largest absolute Gasteiger partial charge is 0.464 e. The van der Waals surface area contributed by atoms with Crippen LogP contribution in [0.25, 0.3) is 11.0 Å². The van der Waals surface area contributed by atoms with Gasteiger partial charge in [-0.05, 0) is 24.7 Å². The van der Waals surface area contributed by atoms with Gasteiger partial charge in [0.1, 0.15) is 12.3 Å². The predicted molar refractivity (Wildman–Crippen MR) is 89.4 cm³/mol. The Morgan fingerprint density at radius 3 is 3.04 bits per heavy atom. The van der Waals surface area contributed by atoms with Crippen molar-refractivity contribution in [3.63, 3.8) is 0 Å². The molecule has 0 aliphatic carbocycles. The number of aromatic nitrogens is 2. The Labute approximate surface area is 140 Å². The van der Waals surface area contributed by atoms with Gasteiger partial charge in [0, 0.05) is 44.3 Å². The fraction of sp³-hybridized carbons (Fsp3) is 0.471.